The number of sulfonamides is 1. The Balaban J connectivity index is 1.96. The summed E-state index contributed by atoms with van der Waals surface area (Å²) in [5.74, 6) is -0.817. The van der Waals surface area contributed by atoms with E-state index in [9.17, 15) is 17.6 Å². The first-order chi connectivity index (χ1) is 12.4. The van der Waals surface area contributed by atoms with E-state index in [1.54, 1.807) is 12.1 Å². The number of halogens is 1. The van der Waals surface area contributed by atoms with Crippen molar-refractivity contribution < 1.29 is 22.3 Å². The number of hydrogen-bond acceptors (Lipinski definition) is 4. The predicted octanol–water partition coefficient (Wildman–Crippen LogP) is 2.55. The summed E-state index contributed by atoms with van der Waals surface area (Å²) in [5.41, 5.74) is 1.90. The molecule has 0 aliphatic carbocycles. The molecule has 0 unspecified atom stereocenters. The van der Waals surface area contributed by atoms with E-state index in [4.69, 9.17) is 4.74 Å². The zero-order chi connectivity index (χ0) is 18.7. The lowest BCUT2D eigenvalue weighted by molar-refractivity contribution is -0.119. The van der Waals surface area contributed by atoms with Crippen molar-refractivity contribution in [2.45, 2.75) is 17.7 Å². The van der Waals surface area contributed by atoms with Crippen LogP contribution < -0.4 is 9.62 Å². The second kappa shape index (κ2) is 7.43. The predicted molar refractivity (Wildman–Crippen MR) is 96.2 cm³/mol. The fourth-order valence-corrected chi connectivity index (χ4v) is 4.46. The third-order valence-electron chi connectivity index (χ3n) is 4.12. The Kier molecular flexibility index (Phi) is 5.24. The van der Waals surface area contributed by atoms with Gasteiger partial charge in [-0.05, 0) is 54.8 Å². The van der Waals surface area contributed by atoms with Crippen LogP contribution in [0.1, 0.15) is 12.0 Å². The van der Waals surface area contributed by atoms with Gasteiger partial charge in [-0.2, -0.15) is 0 Å². The van der Waals surface area contributed by atoms with Crippen LogP contribution >= 0.6 is 0 Å². The molecule has 8 heteroatoms. The number of methoxy groups -OCH3 is 1. The molecule has 1 heterocycles. The highest BCUT2D eigenvalue weighted by Gasteiger charge is 2.29. The van der Waals surface area contributed by atoms with E-state index >= 15 is 0 Å². The van der Waals surface area contributed by atoms with Gasteiger partial charge in [0.25, 0.3) is 10.0 Å². The Hall–Kier alpha value is -2.45. The fraction of sp³-hybridized carbons (Fsp3) is 0.278. The van der Waals surface area contributed by atoms with Crippen LogP contribution in [0, 0.1) is 5.82 Å². The summed E-state index contributed by atoms with van der Waals surface area (Å²) < 4.78 is 45.2. The summed E-state index contributed by atoms with van der Waals surface area (Å²) in [6.07, 6.45) is 1.43. The molecule has 0 saturated carbocycles. The third-order valence-corrected chi connectivity index (χ3v) is 5.95. The molecular formula is C18H19FN2O4S. The van der Waals surface area contributed by atoms with Gasteiger partial charge in [0, 0.05) is 19.3 Å². The number of anilines is 2. The lowest BCUT2D eigenvalue weighted by Crippen LogP contribution is -2.35. The van der Waals surface area contributed by atoms with Gasteiger partial charge in [0.1, 0.15) is 12.4 Å². The van der Waals surface area contributed by atoms with E-state index in [1.807, 2.05) is 6.07 Å². The molecule has 0 aromatic heterocycles. The average Bonchev–Trinajstić information content (AvgIpc) is 2.61. The smallest absolute Gasteiger partial charge is 0.264 e. The van der Waals surface area contributed by atoms with Crippen molar-refractivity contribution in [2.75, 3.05) is 29.9 Å². The number of carbonyl (C=O) groups is 1. The highest BCUT2D eigenvalue weighted by Crippen LogP contribution is 2.34. The van der Waals surface area contributed by atoms with Crippen molar-refractivity contribution >= 4 is 27.3 Å². The quantitative estimate of drug-likeness (QED) is 0.868. The number of fused-ring (bicyclic) bond motifs is 1. The molecule has 0 atom stereocenters. The highest BCUT2D eigenvalue weighted by atomic mass is 32.2. The van der Waals surface area contributed by atoms with Crippen LogP contribution in [0.3, 0.4) is 0 Å². The van der Waals surface area contributed by atoms with Gasteiger partial charge in [0.05, 0.1) is 10.6 Å². The molecule has 0 fully saturated rings. The maximum Gasteiger partial charge on any atom is 0.264 e. The van der Waals surface area contributed by atoms with Crippen molar-refractivity contribution in [1.29, 1.82) is 0 Å². The summed E-state index contributed by atoms with van der Waals surface area (Å²) in [4.78, 5) is 11.7. The summed E-state index contributed by atoms with van der Waals surface area (Å²) in [5, 5.41) is 2.68. The van der Waals surface area contributed by atoms with E-state index in [2.05, 4.69) is 5.32 Å². The number of carbonyl (C=O) groups excluding carboxylic acids is 1. The maximum atomic E-state index is 13.1. The molecule has 0 saturated heterocycles. The molecule has 1 aliphatic rings. The molecule has 26 heavy (non-hydrogen) atoms. The molecule has 1 aliphatic heterocycles. The standard InChI is InChI=1S/C18H19FN2O4S/c1-25-12-18(22)20-15-7-4-13-3-2-10-21(17(13)11-15)26(23,24)16-8-5-14(19)6-9-16/h4-9,11H,2-3,10,12H2,1H3,(H,20,22). The van der Waals surface area contributed by atoms with Crippen molar-refractivity contribution in [3.8, 4) is 0 Å². The van der Waals surface area contributed by atoms with Gasteiger partial charge in [0.15, 0.2) is 0 Å². The first kappa shape index (κ1) is 18.3. The number of nitrogens with one attached hydrogen (secondary N) is 1. The number of ether oxygens (including phenoxy) is 1. The van der Waals surface area contributed by atoms with E-state index in [-0.39, 0.29) is 17.4 Å². The molecule has 0 spiro atoms. The monoisotopic (exact) mass is 378 g/mol. The van der Waals surface area contributed by atoms with Crippen molar-refractivity contribution in [3.63, 3.8) is 0 Å². The molecule has 138 valence electrons. The van der Waals surface area contributed by atoms with Crippen LogP contribution in [0.2, 0.25) is 0 Å². The van der Waals surface area contributed by atoms with Gasteiger partial charge >= 0.3 is 0 Å². The first-order valence-corrected chi connectivity index (χ1v) is 9.56. The number of nitrogens with zero attached hydrogens (tertiary/aromatic N) is 1. The second-order valence-electron chi connectivity index (χ2n) is 5.96. The lowest BCUT2D eigenvalue weighted by Gasteiger charge is -2.31. The lowest BCUT2D eigenvalue weighted by atomic mass is 10.0. The summed E-state index contributed by atoms with van der Waals surface area (Å²) in [6, 6.07) is 9.94. The molecular weight excluding hydrogens is 359 g/mol. The summed E-state index contributed by atoms with van der Waals surface area (Å²) in [7, 11) is -2.40. The SMILES string of the molecule is COCC(=O)Nc1ccc2c(c1)N(S(=O)(=O)c1ccc(F)cc1)CCC2. The van der Waals surface area contributed by atoms with Gasteiger partial charge in [-0.25, -0.2) is 12.8 Å². The van der Waals surface area contributed by atoms with Gasteiger partial charge < -0.3 is 10.1 Å². The van der Waals surface area contributed by atoms with Crippen molar-refractivity contribution in [2.24, 2.45) is 0 Å². The van der Waals surface area contributed by atoms with Crippen LogP contribution in [0.25, 0.3) is 0 Å². The number of rotatable bonds is 5. The zero-order valence-corrected chi connectivity index (χ0v) is 15.1. The van der Waals surface area contributed by atoms with Crippen molar-refractivity contribution in [3.05, 3.63) is 53.8 Å². The van der Waals surface area contributed by atoms with Crippen LogP contribution in [0.4, 0.5) is 15.8 Å². The molecule has 0 radical (unpaired) electrons. The van der Waals surface area contributed by atoms with E-state index < -0.39 is 15.8 Å². The molecule has 0 bridgehead atoms. The molecule has 6 nitrogen and oxygen atoms in total. The van der Waals surface area contributed by atoms with Gasteiger partial charge in [0.2, 0.25) is 5.91 Å². The zero-order valence-electron chi connectivity index (χ0n) is 14.2. The third kappa shape index (κ3) is 3.71. The fourth-order valence-electron chi connectivity index (χ4n) is 2.93. The van der Waals surface area contributed by atoms with Crippen LogP contribution in [0.15, 0.2) is 47.4 Å². The summed E-state index contributed by atoms with van der Waals surface area (Å²) >= 11 is 0. The minimum atomic E-state index is -3.82. The average molecular weight is 378 g/mol. The topological polar surface area (TPSA) is 75.7 Å². The number of aryl methyl sites for hydroxylation is 1. The van der Waals surface area contributed by atoms with Gasteiger partial charge in [-0.1, -0.05) is 6.07 Å². The molecule has 2 aromatic rings. The highest BCUT2D eigenvalue weighted by molar-refractivity contribution is 7.92. The number of benzene rings is 2. The summed E-state index contributed by atoms with van der Waals surface area (Å²) in [6.45, 7) is 0.233. The maximum absolute atomic E-state index is 13.1. The van der Waals surface area contributed by atoms with Crippen LogP contribution in [-0.4, -0.2) is 34.6 Å². The van der Waals surface area contributed by atoms with E-state index in [0.29, 0.717) is 24.3 Å². The Bertz CT molecular complexity index is 913. The minimum absolute atomic E-state index is 0.0283. The Morgan fingerprint density at radius 1 is 1.23 bits per heavy atom. The first-order valence-electron chi connectivity index (χ1n) is 8.12. The number of amides is 1. The van der Waals surface area contributed by atoms with Gasteiger partial charge in [-0.15, -0.1) is 0 Å². The molecule has 1 N–H and O–H groups in total. The Labute approximate surface area is 151 Å². The Morgan fingerprint density at radius 3 is 2.65 bits per heavy atom. The largest absolute Gasteiger partial charge is 0.375 e. The van der Waals surface area contributed by atoms with Crippen LogP contribution in [0.5, 0.6) is 0 Å². The molecule has 1 amide bonds. The minimum Gasteiger partial charge on any atom is -0.375 e. The van der Waals surface area contributed by atoms with Crippen molar-refractivity contribution in [1.82, 2.24) is 0 Å². The van der Waals surface area contributed by atoms with Crippen LogP contribution in [-0.2, 0) is 26.0 Å². The molecule has 2 aromatic carbocycles. The van der Waals surface area contributed by atoms with E-state index in [1.165, 1.54) is 23.5 Å². The van der Waals surface area contributed by atoms with E-state index in [0.717, 1.165) is 24.1 Å². The normalized spacial score (nSPS) is 14.0. The second-order valence-corrected chi connectivity index (χ2v) is 7.82. The Morgan fingerprint density at radius 2 is 1.96 bits per heavy atom. The molecule has 3 rings (SSSR count). The number of hydrogen-bond donors (Lipinski definition) is 1. The van der Waals surface area contributed by atoms with Gasteiger partial charge in [-0.3, -0.25) is 9.10 Å².